The Morgan fingerprint density at radius 1 is 0.763 bits per heavy atom. The van der Waals surface area contributed by atoms with Gasteiger partial charge in [-0.15, -0.1) is 0 Å². The Morgan fingerprint density at radius 2 is 1.39 bits per heavy atom. The predicted octanol–water partition coefficient (Wildman–Crippen LogP) is 6.64. The van der Waals surface area contributed by atoms with Crippen LogP contribution >= 0.6 is 0 Å². The summed E-state index contributed by atoms with van der Waals surface area (Å²) in [6, 6.07) is 29.0. The van der Waals surface area contributed by atoms with E-state index in [9.17, 15) is 4.79 Å². The lowest BCUT2D eigenvalue weighted by Crippen LogP contribution is -2.14. The smallest absolute Gasteiger partial charge is 0.344 e. The average molecular weight is 510 g/mol. The summed E-state index contributed by atoms with van der Waals surface area (Å²) in [5.41, 5.74) is 5.50. The number of ether oxygens (including phenoxy) is 4. The number of aromatic nitrogens is 1. The molecule has 0 fully saturated rings. The zero-order valence-electron chi connectivity index (χ0n) is 21.2. The molecule has 7 nitrogen and oxygen atoms in total. The van der Waals surface area contributed by atoms with Gasteiger partial charge in [-0.3, -0.25) is 0 Å². The number of rotatable bonds is 10. The van der Waals surface area contributed by atoms with Crippen LogP contribution in [0.2, 0.25) is 0 Å². The zero-order chi connectivity index (χ0) is 26.3. The highest BCUT2D eigenvalue weighted by molar-refractivity contribution is 5.89. The van der Waals surface area contributed by atoms with Gasteiger partial charge in [-0.2, -0.15) is 0 Å². The summed E-state index contributed by atoms with van der Waals surface area (Å²) in [6.45, 7) is 2.41. The second kappa shape index (κ2) is 11.5. The monoisotopic (exact) mass is 509 g/mol. The van der Waals surface area contributed by atoms with E-state index in [2.05, 4.69) is 5.16 Å². The summed E-state index contributed by atoms with van der Waals surface area (Å²) in [4.78, 5) is 11.5. The Kier molecular flexibility index (Phi) is 7.54. The molecule has 3 aromatic rings. The van der Waals surface area contributed by atoms with E-state index in [0.29, 0.717) is 24.7 Å². The minimum atomic E-state index is -0.400. The van der Waals surface area contributed by atoms with Crippen molar-refractivity contribution in [2.45, 2.75) is 13.5 Å². The SMILES string of the molecule is CCOC(=O)COc1ccc(-c2noc(-c3ccc(OCc4ccc(OC)cc4)cc3)c3cccc2-3)cc1. The summed E-state index contributed by atoms with van der Waals surface area (Å²) < 4.78 is 27.4. The number of hydrogen-bond donors (Lipinski definition) is 0. The van der Waals surface area contributed by atoms with Crippen molar-refractivity contribution < 1.29 is 28.3 Å². The second-order valence-corrected chi connectivity index (χ2v) is 8.49. The molecule has 3 aromatic carbocycles. The first-order valence-electron chi connectivity index (χ1n) is 12.3. The summed E-state index contributed by atoms with van der Waals surface area (Å²) >= 11 is 0. The minimum absolute atomic E-state index is 0.131. The first-order valence-corrected chi connectivity index (χ1v) is 12.3. The molecule has 192 valence electrons. The summed E-state index contributed by atoms with van der Waals surface area (Å²) in [5.74, 6) is 2.44. The van der Waals surface area contributed by atoms with E-state index >= 15 is 0 Å². The van der Waals surface area contributed by atoms with Gasteiger partial charge in [0.15, 0.2) is 12.4 Å². The lowest BCUT2D eigenvalue weighted by molar-refractivity contribution is -0.145. The first kappa shape index (κ1) is 24.9. The number of benzene rings is 3. The van der Waals surface area contributed by atoms with Gasteiger partial charge in [-0.1, -0.05) is 35.5 Å². The fourth-order valence-corrected chi connectivity index (χ4v) is 4.08. The Morgan fingerprint density at radius 3 is 2.08 bits per heavy atom. The van der Waals surface area contributed by atoms with Crippen molar-refractivity contribution in [1.29, 1.82) is 0 Å². The highest BCUT2D eigenvalue weighted by Crippen LogP contribution is 2.40. The van der Waals surface area contributed by atoms with E-state index in [1.165, 1.54) is 0 Å². The predicted molar refractivity (Wildman–Crippen MR) is 143 cm³/mol. The number of nitrogens with zero attached hydrogens (tertiary/aromatic N) is 1. The molecular formula is C31H27NO6. The zero-order valence-corrected chi connectivity index (χ0v) is 21.2. The van der Waals surface area contributed by atoms with Crippen LogP contribution in [0.25, 0.3) is 33.7 Å². The molecule has 0 radical (unpaired) electrons. The van der Waals surface area contributed by atoms with E-state index < -0.39 is 5.97 Å². The number of hydrogen-bond acceptors (Lipinski definition) is 7. The highest BCUT2D eigenvalue weighted by atomic mass is 16.6. The van der Waals surface area contributed by atoms with Crippen LogP contribution in [-0.2, 0) is 16.1 Å². The van der Waals surface area contributed by atoms with Crippen molar-refractivity contribution in [3.63, 3.8) is 0 Å². The number of methoxy groups -OCH3 is 1. The number of carbonyl (C=O) groups excluding carboxylic acids is 1. The fourth-order valence-electron chi connectivity index (χ4n) is 4.08. The molecule has 0 saturated heterocycles. The van der Waals surface area contributed by atoms with Crippen molar-refractivity contribution >= 4 is 5.97 Å². The molecule has 1 aliphatic heterocycles. The van der Waals surface area contributed by atoms with Crippen LogP contribution < -0.4 is 14.2 Å². The van der Waals surface area contributed by atoms with Crippen molar-refractivity contribution in [2.75, 3.05) is 20.3 Å². The molecule has 0 atom stereocenters. The van der Waals surface area contributed by atoms with Gasteiger partial charge in [0, 0.05) is 22.3 Å². The number of fused-ring (bicyclic) bond motifs is 1. The minimum Gasteiger partial charge on any atom is -0.497 e. The van der Waals surface area contributed by atoms with Gasteiger partial charge in [-0.05, 0) is 73.2 Å². The van der Waals surface area contributed by atoms with Crippen LogP contribution in [-0.4, -0.2) is 31.4 Å². The van der Waals surface area contributed by atoms with Gasteiger partial charge in [0.25, 0.3) is 0 Å². The second-order valence-electron chi connectivity index (χ2n) is 8.49. The Bertz CT molecular complexity index is 1460. The van der Waals surface area contributed by atoms with E-state index in [1.54, 1.807) is 26.2 Å². The summed E-state index contributed by atoms with van der Waals surface area (Å²) in [6.07, 6.45) is 0. The van der Waals surface area contributed by atoms with E-state index in [4.69, 9.17) is 23.5 Å². The lowest BCUT2D eigenvalue weighted by atomic mass is 9.99. The molecule has 7 heteroatoms. The van der Waals surface area contributed by atoms with E-state index in [-0.39, 0.29) is 6.61 Å². The van der Waals surface area contributed by atoms with Crippen LogP contribution in [0.15, 0.2) is 95.5 Å². The summed E-state index contributed by atoms with van der Waals surface area (Å²) in [7, 11) is 1.65. The Labute approximate surface area is 220 Å². The maximum absolute atomic E-state index is 11.5. The van der Waals surface area contributed by atoms with Gasteiger partial charge < -0.3 is 23.5 Å². The van der Waals surface area contributed by atoms with Crippen LogP contribution in [0, 0.1) is 0 Å². The van der Waals surface area contributed by atoms with Gasteiger partial charge in [0.2, 0.25) is 0 Å². The molecule has 0 amide bonds. The molecule has 0 spiro atoms. The van der Waals surface area contributed by atoms with Crippen molar-refractivity contribution in [3.8, 4) is 51.0 Å². The molecule has 0 bridgehead atoms. The normalized spacial score (nSPS) is 10.8. The largest absolute Gasteiger partial charge is 0.497 e. The van der Waals surface area contributed by atoms with Gasteiger partial charge in [-0.25, -0.2) is 4.79 Å². The molecule has 1 heterocycles. The van der Waals surface area contributed by atoms with Crippen molar-refractivity contribution in [3.05, 3.63) is 96.6 Å². The van der Waals surface area contributed by atoms with Crippen LogP contribution in [0.5, 0.6) is 17.2 Å². The summed E-state index contributed by atoms with van der Waals surface area (Å²) in [5, 5.41) is 4.44. The Balaban J connectivity index is 1.29. The highest BCUT2D eigenvalue weighted by Gasteiger charge is 2.19. The fraction of sp³-hybridized carbons (Fsp3) is 0.161. The molecule has 5 rings (SSSR count). The third-order valence-electron chi connectivity index (χ3n) is 6.01. The average Bonchev–Trinajstić information content (AvgIpc) is 3.46. The van der Waals surface area contributed by atoms with Gasteiger partial charge >= 0.3 is 5.97 Å². The molecule has 0 N–H and O–H groups in total. The molecule has 38 heavy (non-hydrogen) atoms. The van der Waals surface area contributed by atoms with Crippen molar-refractivity contribution in [2.24, 2.45) is 0 Å². The van der Waals surface area contributed by atoms with Gasteiger partial charge in [0.1, 0.15) is 29.5 Å². The molecule has 0 saturated carbocycles. The van der Waals surface area contributed by atoms with Crippen LogP contribution in [0.1, 0.15) is 12.5 Å². The molecule has 0 aromatic heterocycles. The van der Waals surface area contributed by atoms with Crippen LogP contribution in [0.3, 0.4) is 0 Å². The Hall–Kier alpha value is -4.78. The standard InChI is InChI=1S/C31H27NO6/c1-3-35-29(33)20-37-26-15-9-22(10-16-26)30-27-5-4-6-28(27)31(38-32-30)23-11-17-25(18-12-23)36-19-21-7-13-24(34-2)14-8-21/h4-18H,3,19-20H2,1-2H3. The van der Waals surface area contributed by atoms with Crippen molar-refractivity contribution in [1.82, 2.24) is 5.16 Å². The van der Waals surface area contributed by atoms with E-state index in [0.717, 1.165) is 45.0 Å². The molecule has 2 aliphatic rings. The first-order chi connectivity index (χ1) is 18.6. The lowest BCUT2D eigenvalue weighted by Gasteiger charge is -2.12. The topological polar surface area (TPSA) is 80.0 Å². The molecular weight excluding hydrogens is 482 g/mol. The van der Waals surface area contributed by atoms with E-state index in [1.807, 2.05) is 78.9 Å². The van der Waals surface area contributed by atoms with Crippen LogP contribution in [0.4, 0.5) is 0 Å². The third-order valence-corrected chi connectivity index (χ3v) is 6.01. The molecule has 0 unspecified atom stereocenters. The quantitative estimate of drug-likeness (QED) is 0.195. The maximum Gasteiger partial charge on any atom is 0.344 e. The number of esters is 1. The molecule has 1 aliphatic carbocycles. The third kappa shape index (κ3) is 5.62. The van der Waals surface area contributed by atoms with Gasteiger partial charge in [0.05, 0.1) is 13.7 Å². The maximum atomic E-state index is 11.5. The number of carbonyl (C=O) groups is 1.